The summed E-state index contributed by atoms with van der Waals surface area (Å²) in [5.41, 5.74) is 10.2. The van der Waals surface area contributed by atoms with E-state index < -0.39 is 15.9 Å². The van der Waals surface area contributed by atoms with Gasteiger partial charge in [0.15, 0.2) is 0 Å². The van der Waals surface area contributed by atoms with Crippen LogP contribution in [0.1, 0.15) is 60.0 Å². The first-order valence-corrected chi connectivity index (χ1v) is 14.3. The molecule has 1 amide bonds. The highest BCUT2D eigenvalue weighted by Gasteiger charge is 2.29. The summed E-state index contributed by atoms with van der Waals surface area (Å²) in [5, 5.41) is 0.878. The lowest BCUT2D eigenvalue weighted by atomic mass is 9.88. The number of amides is 1. The predicted molar refractivity (Wildman–Crippen MR) is 140 cm³/mol. The molecule has 1 aromatic heterocycles. The summed E-state index contributed by atoms with van der Waals surface area (Å²) < 4.78 is 40.8. The van der Waals surface area contributed by atoms with E-state index in [1.54, 1.807) is 23.4 Å². The SMILES string of the molecule is CCS(=O)(=O)N1CCC(c2c[nH]c3c(C(N)=O)cc(-c4cc(F)cc(CN5CCCC5)c4)cc23)CC1. The van der Waals surface area contributed by atoms with E-state index in [-0.39, 0.29) is 17.5 Å². The van der Waals surface area contributed by atoms with Crippen LogP contribution >= 0.6 is 0 Å². The number of carbonyl (C=O) groups is 1. The molecule has 2 aliphatic heterocycles. The second kappa shape index (κ2) is 9.95. The van der Waals surface area contributed by atoms with Gasteiger partial charge in [0.05, 0.1) is 16.8 Å². The number of nitrogens with two attached hydrogens (primary N) is 1. The number of nitrogens with zero attached hydrogens (tertiary/aromatic N) is 2. The van der Waals surface area contributed by atoms with E-state index in [4.69, 9.17) is 5.73 Å². The number of aromatic nitrogens is 1. The van der Waals surface area contributed by atoms with Crippen LogP contribution in [-0.4, -0.2) is 60.4 Å². The zero-order chi connectivity index (χ0) is 25.4. The summed E-state index contributed by atoms with van der Waals surface area (Å²) in [6.45, 7) is 5.35. The maximum Gasteiger partial charge on any atom is 0.250 e. The molecule has 2 aromatic carbocycles. The van der Waals surface area contributed by atoms with Crippen LogP contribution in [0.2, 0.25) is 0 Å². The van der Waals surface area contributed by atoms with Gasteiger partial charge in [-0.25, -0.2) is 17.1 Å². The molecule has 36 heavy (non-hydrogen) atoms. The molecule has 3 N–H and O–H groups in total. The minimum Gasteiger partial charge on any atom is -0.366 e. The Hall–Kier alpha value is -2.75. The molecule has 0 saturated carbocycles. The Kier molecular flexibility index (Phi) is 6.89. The number of likely N-dealkylation sites (tertiary alicyclic amines) is 1. The highest BCUT2D eigenvalue weighted by molar-refractivity contribution is 7.89. The lowest BCUT2D eigenvalue weighted by molar-refractivity contribution is 0.100. The molecule has 3 aromatic rings. The van der Waals surface area contributed by atoms with Crippen molar-refractivity contribution in [3.8, 4) is 11.1 Å². The molecule has 0 spiro atoms. The molecule has 0 aliphatic carbocycles. The number of sulfonamides is 1. The topological polar surface area (TPSA) is 99.5 Å². The molecule has 5 rings (SSSR count). The molecule has 7 nitrogen and oxygen atoms in total. The van der Waals surface area contributed by atoms with Crippen molar-refractivity contribution in [2.75, 3.05) is 31.9 Å². The van der Waals surface area contributed by atoms with Crippen molar-refractivity contribution in [2.24, 2.45) is 5.73 Å². The van der Waals surface area contributed by atoms with Crippen molar-refractivity contribution in [2.45, 2.75) is 45.1 Å². The first-order chi connectivity index (χ1) is 17.2. The zero-order valence-electron chi connectivity index (χ0n) is 20.6. The van der Waals surface area contributed by atoms with Gasteiger partial charge in [0.25, 0.3) is 5.91 Å². The Morgan fingerprint density at radius 2 is 1.75 bits per heavy atom. The molecular formula is C27H33FN4O3S. The molecule has 0 atom stereocenters. The Morgan fingerprint density at radius 3 is 2.42 bits per heavy atom. The normalized spacial score (nSPS) is 18.3. The van der Waals surface area contributed by atoms with Crippen LogP contribution in [0.5, 0.6) is 0 Å². The Labute approximate surface area is 211 Å². The molecule has 2 aliphatic rings. The average molecular weight is 513 g/mol. The molecule has 2 saturated heterocycles. The van der Waals surface area contributed by atoms with E-state index in [0.717, 1.165) is 35.2 Å². The number of primary amides is 1. The third kappa shape index (κ3) is 4.92. The number of aromatic amines is 1. The van der Waals surface area contributed by atoms with Crippen LogP contribution in [0.25, 0.3) is 22.0 Å². The van der Waals surface area contributed by atoms with Gasteiger partial charge in [0, 0.05) is 31.2 Å². The lowest BCUT2D eigenvalue weighted by Gasteiger charge is -2.31. The second-order valence-electron chi connectivity index (χ2n) is 9.96. The maximum absolute atomic E-state index is 14.7. The van der Waals surface area contributed by atoms with Gasteiger partial charge in [-0.05, 0) is 104 Å². The summed E-state index contributed by atoms with van der Waals surface area (Å²) in [6, 6.07) is 8.80. The van der Waals surface area contributed by atoms with E-state index in [1.807, 2.05) is 18.3 Å². The van der Waals surface area contributed by atoms with Gasteiger partial charge in [-0.3, -0.25) is 9.69 Å². The van der Waals surface area contributed by atoms with Gasteiger partial charge in [0.2, 0.25) is 10.0 Å². The van der Waals surface area contributed by atoms with E-state index in [1.165, 1.54) is 18.9 Å². The van der Waals surface area contributed by atoms with Crippen LogP contribution in [-0.2, 0) is 16.6 Å². The van der Waals surface area contributed by atoms with E-state index >= 15 is 0 Å². The van der Waals surface area contributed by atoms with Crippen molar-refractivity contribution < 1.29 is 17.6 Å². The van der Waals surface area contributed by atoms with Crippen LogP contribution in [0.4, 0.5) is 4.39 Å². The monoisotopic (exact) mass is 512 g/mol. The zero-order valence-corrected chi connectivity index (χ0v) is 21.4. The molecule has 192 valence electrons. The van der Waals surface area contributed by atoms with Crippen molar-refractivity contribution >= 4 is 26.8 Å². The van der Waals surface area contributed by atoms with Gasteiger partial charge in [-0.2, -0.15) is 0 Å². The molecule has 2 fully saturated rings. The number of carbonyl (C=O) groups excluding carboxylic acids is 1. The standard InChI is InChI=1S/C27H33FN4O3S/c1-2-36(34,35)32-9-5-19(6-10-32)25-16-30-26-23(25)14-21(15-24(26)27(29)33)20-11-18(12-22(28)13-20)17-31-7-3-4-8-31/h11-16,19,30H,2-10,17H2,1H3,(H2,29,33). The summed E-state index contributed by atoms with van der Waals surface area (Å²) >= 11 is 0. The number of H-pyrrole nitrogens is 1. The van der Waals surface area contributed by atoms with Crippen LogP contribution in [0.15, 0.2) is 36.5 Å². The molecule has 0 radical (unpaired) electrons. The smallest absolute Gasteiger partial charge is 0.250 e. The van der Waals surface area contributed by atoms with Gasteiger partial charge in [-0.1, -0.05) is 0 Å². The third-order valence-corrected chi connectivity index (χ3v) is 9.52. The van der Waals surface area contributed by atoms with Gasteiger partial charge < -0.3 is 10.7 Å². The van der Waals surface area contributed by atoms with Crippen molar-refractivity contribution in [3.63, 3.8) is 0 Å². The summed E-state index contributed by atoms with van der Waals surface area (Å²) in [7, 11) is -3.21. The third-order valence-electron chi connectivity index (χ3n) is 7.63. The second-order valence-corrected chi connectivity index (χ2v) is 12.2. The van der Waals surface area contributed by atoms with Gasteiger partial charge in [-0.15, -0.1) is 0 Å². The predicted octanol–water partition coefficient (Wildman–Crippen LogP) is 4.20. The number of benzene rings is 2. The van der Waals surface area contributed by atoms with Gasteiger partial charge >= 0.3 is 0 Å². The van der Waals surface area contributed by atoms with Crippen LogP contribution < -0.4 is 5.73 Å². The summed E-state index contributed by atoms with van der Waals surface area (Å²) in [5.74, 6) is -0.603. The summed E-state index contributed by atoms with van der Waals surface area (Å²) in [4.78, 5) is 17.9. The minimum absolute atomic E-state index is 0.101. The number of hydrogen-bond donors (Lipinski definition) is 2. The number of rotatable bonds is 7. The quantitative estimate of drug-likeness (QED) is 0.496. The number of hydrogen-bond acceptors (Lipinski definition) is 4. The van der Waals surface area contributed by atoms with Crippen molar-refractivity contribution in [1.29, 1.82) is 0 Å². The van der Waals surface area contributed by atoms with Crippen LogP contribution in [0.3, 0.4) is 0 Å². The van der Waals surface area contributed by atoms with E-state index in [2.05, 4.69) is 9.88 Å². The number of halogens is 1. The fourth-order valence-electron chi connectivity index (χ4n) is 5.69. The van der Waals surface area contributed by atoms with Crippen molar-refractivity contribution in [1.82, 2.24) is 14.2 Å². The Bertz CT molecular complexity index is 1390. The summed E-state index contributed by atoms with van der Waals surface area (Å²) in [6.07, 6.45) is 5.63. The largest absolute Gasteiger partial charge is 0.366 e. The fraction of sp³-hybridized carbons (Fsp3) is 0.444. The number of piperidine rings is 1. The van der Waals surface area contributed by atoms with E-state index in [9.17, 15) is 17.6 Å². The average Bonchev–Trinajstić information content (AvgIpc) is 3.53. The molecule has 3 heterocycles. The first-order valence-electron chi connectivity index (χ1n) is 12.7. The number of nitrogens with one attached hydrogen (secondary N) is 1. The lowest BCUT2D eigenvalue weighted by Crippen LogP contribution is -2.38. The molecule has 9 heteroatoms. The molecule has 0 unspecified atom stereocenters. The minimum atomic E-state index is -3.21. The van der Waals surface area contributed by atoms with E-state index in [0.29, 0.717) is 49.1 Å². The Balaban J connectivity index is 1.51. The molecular weight excluding hydrogens is 479 g/mol. The van der Waals surface area contributed by atoms with Crippen LogP contribution in [0, 0.1) is 5.82 Å². The van der Waals surface area contributed by atoms with Gasteiger partial charge in [0.1, 0.15) is 5.82 Å². The Morgan fingerprint density at radius 1 is 1.06 bits per heavy atom. The highest BCUT2D eigenvalue weighted by Crippen LogP contribution is 2.37. The first kappa shape index (κ1) is 24.9. The number of fused-ring (bicyclic) bond motifs is 1. The van der Waals surface area contributed by atoms with Crippen molar-refractivity contribution in [3.05, 3.63) is 59.0 Å². The molecule has 0 bridgehead atoms. The maximum atomic E-state index is 14.7. The fourth-order valence-corrected chi connectivity index (χ4v) is 6.82. The highest BCUT2D eigenvalue weighted by atomic mass is 32.2.